The Morgan fingerprint density at radius 1 is 1.05 bits per heavy atom. The predicted molar refractivity (Wildman–Crippen MR) is 81.9 cm³/mol. The molecule has 1 unspecified atom stereocenters. The highest BCUT2D eigenvalue weighted by Crippen LogP contribution is 2.30. The van der Waals surface area contributed by atoms with Gasteiger partial charge in [-0.25, -0.2) is 0 Å². The third kappa shape index (κ3) is 4.61. The molecule has 1 fully saturated rings. The van der Waals surface area contributed by atoms with Crippen LogP contribution < -0.4 is 9.47 Å². The summed E-state index contributed by atoms with van der Waals surface area (Å²) < 4.78 is 16.4. The lowest BCUT2D eigenvalue weighted by molar-refractivity contribution is -0.0160. The second kappa shape index (κ2) is 8.25. The van der Waals surface area contributed by atoms with Gasteiger partial charge in [-0.3, -0.25) is 0 Å². The summed E-state index contributed by atoms with van der Waals surface area (Å²) in [7, 11) is 3.19. The van der Waals surface area contributed by atoms with Crippen molar-refractivity contribution in [3.8, 4) is 11.5 Å². The van der Waals surface area contributed by atoms with Crippen LogP contribution in [0.2, 0.25) is 0 Å². The number of aliphatic hydroxyl groups excluding tert-OH is 1. The van der Waals surface area contributed by atoms with Gasteiger partial charge in [0.05, 0.1) is 26.9 Å². The fourth-order valence-electron chi connectivity index (χ4n) is 2.79. The molecule has 4 nitrogen and oxygen atoms in total. The van der Waals surface area contributed by atoms with Crippen LogP contribution in [0.5, 0.6) is 11.5 Å². The van der Waals surface area contributed by atoms with Crippen molar-refractivity contribution in [3.63, 3.8) is 0 Å². The highest BCUT2D eigenvalue weighted by Gasteiger charge is 2.16. The average Bonchev–Trinajstić information content (AvgIpc) is 2.80. The van der Waals surface area contributed by atoms with E-state index in [0.29, 0.717) is 24.2 Å². The van der Waals surface area contributed by atoms with Gasteiger partial charge in [-0.2, -0.15) is 0 Å². The molecule has 4 heteroatoms. The van der Waals surface area contributed by atoms with Crippen LogP contribution in [0.25, 0.3) is 0 Å². The maximum atomic E-state index is 10.3. The summed E-state index contributed by atoms with van der Waals surface area (Å²) in [5.41, 5.74) is 0.793. The topological polar surface area (TPSA) is 47.9 Å². The second-order valence-corrected chi connectivity index (χ2v) is 5.58. The number of aliphatic hydroxyl groups is 1. The van der Waals surface area contributed by atoms with Crippen molar-refractivity contribution < 1.29 is 19.3 Å². The van der Waals surface area contributed by atoms with Gasteiger partial charge in [0.25, 0.3) is 0 Å². The molecular formula is C17H26O4. The maximum absolute atomic E-state index is 10.3. The smallest absolute Gasteiger partial charge is 0.161 e. The summed E-state index contributed by atoms with van der Waals surface area (Å²) in [6.07, 6.45) is 6.96. The summed E-state index contributed by atoms with van der Waals surface area (Å²) >= 11 is 0. The number of hydrogen-bond donors (Lipinski definition) is 1. The van der Waals surface area contributed by atoms with Gasteiger partial charge < -0.3 is 19.3 Å². The Bertz CT molecular complexity index is 425. The molecule has 0 amide bonds. The first-order valence-electron chi connectivity index (χ1n) is 7.76. The van der Waals surface area contributed by atoms with Gasteiger partial charge in [0.15, 0.2) is 11.5 Å². The quantitative estimate of drug-likeness (QED) is 0.816. The normalized spacial score (nSPS) is 18.0. The van der Waals surface area contributed by atoms with Gasteiger partial charge in [0.2, 0.25) is 0 Å². The van der Waals surface area contributed by atoms with Gasteiger partial charge in [-0.15, -0.1) is 0 Å². The first-order chi connectivity index (χ1) is 10.2. The molecule has 0 bridgehead atoms. The minimum absolute atomic E-state index is 0.294. The lowest BCUT2D eigenvalue weighted by Crippen LogP contribution is -2.17. The SMILES string of the molecule is COc1ccc(C(O)COC2CCCCCC2)cc1OC. The Labute approximate surface area is 127 Å². The Kier molecular flexibility index (Phi) is 6.33. The van der Waals surface area contributed by atoms with Crippen LogP contribution in [0.4, 0.5) is 0 Å². The zero-order chi connectivity index (χ0) is 15.1. The van der Waals surface area contributed by atoms with E-state index in [-0.39, 0.29) is 0 Å². The molecule has 0 saturated heterocycles. The monoisotopic (exact) mass is 294 g/mol. The van der Waals surface area contributed by atoms with Gasteiger partial charge in [-0.05, 0) is 30.5 Å². The van der Waals surface area contributed by atoms with Crippen molar-refractivity contribution in [2.45, 2.75) is 50.7 Å². The third-order valence-corrected chi connectivity index (χ3v) is 4.08. The molecule has 0 spiro atoms. The first kappa shape index (κ1) is 16.1. The van der Waals surface area contributed by atoms with Crippen molar-refractivity contribution in [3.05, 3.63) is 23.8 Å². The van der Waals surface area contributed by atoms with E-state index in [2.05, 4.69) is 0 Å². The zero-order valence-corrected chi connectivity index (χ0v) is 13.0. The minimum atomic E-state index is -0.631. The van der Waals surface area contributed by atoms with Crippen LogP contribution in [0.15, 0.2) is 18.2 Å². The van der Waals surface area contributed by atoms with E-state index in [1.807, 2.05) is 12.1 Å². The molecule has 21 heavy (non-hydrogen) atoms. The molecule has 2 rings (SSSR count). The van der Waals surface area contributed by atoms with Crippen molar-refractivity contribution in [1.29, 1.82) is 0 Å². The van der Waals surface area contributed by atoms with Crippen LogP contribution in [0.3, 0.4) is 0 Å². The number of hydrogen-bond acceptors (Lipinski definition) is 4. The number of ether oxygens (including phenoxy) is 3. The Hall–Kier alpha value is -1.26. The molecule has 1 aliphatic rings. The zero-order valence-electron chi connectivity index (χ0n) is 13.0. The lowest BCUT2D eigenvalue weighted by atomic mass is 10.1. The fourth-order valence-corrected chi connectivity index (χ4v) is 2.79. The molecule has 1 atom stereocenters. The average molecular weight is 294 g/mol. The summed E-state index contributed by atoms with van der Waals surface area (Å²) in [5.74, 6) is 1.29. The van der Waals surface area contributed by atoms with Crippen LogP contribution in [-0.4, -0.2) is 32.0 Å². The van der Waals surface area contributed by atoms with Crippen LogP contribution in [0.1, 0.15) is 50.2 Å². The Morgan fingerprint density at radius 3 is 2.33 bits per heavy atom. The second-order valence-electron chi connectivity index (χ2n) is 5.58. The minimum Gasteiger partial charge on any atom is -0.493 e. The van der Waals surface area contributed by atoms with E-state index in [9.17, 15) is 5.11 Å². The molecule has 1 saturated carbocycles. The van der Waals surface area contributed by atoms with Crippen LogP contribution in [-0.2, 0) is 4.74 Å². The number of methoxy groups -OCH3 is 2. The summed E-state index contributed by atoms with van der Waals surface area (Å²) in [6.45, 7) is 0.333. The van der Waals surface area contributed by atoms with Gasteiger partial charge >= 0.3 is 0 Å². The molecule has 0 aliphatic heterocycles. The van der Waals surface area contributed by atoms with E-state index in [4.69, 9.17) is 14.2 Å². The largest absolute Gasteiger partial charge is 0.493 e. The molecule has 0 aromatic heterocycles. The predicted octanol–water partition coefficient (Wildman–Crippen LogP) is 3.48. The molecule has 118 valence electrons. The summed E-state index contributed by atoms with van der Waals surface area (Å²) in [4.78, 5) is 0. The van der Waals surface area contributed by atoms with Gasteiger partial charge in [-0.1, -0.05) is 31.7 Å². The van der Waals surface area contributed by atoms with Crippen molar-refractivity contribution in [2.24, 2.45) is 0 Å². The van der Waals surface area contributed by atoms with Crippen LogP contribution >= 0.6 is 0 Å². The molecular weight excluding hydrogens is 268 g/mol. The Morgan fingerprint density at radius 2 is 1.71 bits per heavy atom. The molecule has 1 N–H and O–H groups in total. The van der Waals surface area contributed by atoms with E-state index < -0.39 is 6.10 Å². The van der Waals surface area contributed by atoms with Gasteiger partial charge in [0.1, 0.15) is 6.10 Å². The first-order valence-corrected chi connectivity index (χ1v) is 7.76. The Balaban J connectivity index is 1.91. The molecule has 1 aromatic carbocycles. The highest BCUT2D eigenvalue weighted by atomic mass is 16.5. The van der Waals surface area contributed by atoms with E-state index in [1.165, 1.54) is 25.7 Å². The van der Waals surface area contributed by atoms with Crippen molar-refractivity contribution >= 4 is 0 Å². The van der Waals surface area contributed by atoms with E-state index in [0.717, 1.165) is 18.4 Å². The lowest BCUT2D eigenvalue weighted by Gasteiger charge is -2.19. The molecule has 1 aliphatic carbocycles. The van der Waals surface area contributed by atoms with Crippen molar-refractivity contribution in [1.82, 2.24) is 0 Å². The van der Waals surface area contributed by atoms with Crippen molar-refractivity contribution in [2.75, 3.05) is 20.8 Å². The molecule has 0 heterocycles. The highest BCUT2D eigenvalue weighted by molar-refractivity contribution is 5.43. The van der Waals surface area contributed by atoms with E-state index in [1.54, 1.807) is 20.3 Å². The molecule has 1 aromatic rings. The third-order valence-electron chi connectivity index (χ3n) is 4.08. The van der Waals surface area contributed by atoms with E-state index >= 15 is 0 Å². The number of rotatable bonds is 6. The maximum Gasteiger partial charge on any atom is 0.161 e. The summed E-state index contributed by atoms with van der Waals surface area (Å²) in [5, 5.41) is 10.3. The summed E-state index contributed by atoms with van der Waals surface area (Å²) in [6, 6.07) is 5.46. The van der Waals surface area contributed by atoms with Gasteiger partial charge in [0, 0.05) is 0 Å². The number of benzene rings is 1. The molecule has 0 radical (unpaired) electrons. The fraction of sp³-hybridized carbons (Fsp3) is 0.647. The van der Waals surface area contributed by atoms with Crippen LogP contribution in [0, 0.1) is 0 Å². The standard InChI is InChI=1S/C17H26O4/c1-19-16-10-9-13(11-17(16)20-2)15(18)12-21-14-7-5-3-4-6-8-14/h9-11,14-15,18H,3-8,12H2,1-2H3.